The summed E-state index contributed by atoms with van der Waals surface area (Å²) >= 11 is 1.60. The molecule has 4 rings (SSSR count). The second-order valence-electron chi connectivity index (χ2n) is 6.70. The van der Waals surface area contributed by atoms with Gasteiger partial charge >= 0.3 is 0 Å². The van der Waals surface area contributed by atoms with Gasteiger partial charge in [-0.05, 0) is 48.1 Å². The van der Waals surface area contributed by atoms with Crippen molar-refractivity contribution in [2.75, 3.05) is 33.3 Å². The maximum absolute atomic E-state index is 12.9. The molecule has 3 heterocycles. The zero-order valence-corrected chi connectivity index (χ0v) is 14.9. The Balaban J connectivity index is 1.55. The molecule has 1 aromatic heterocycles. The lowest BCUT2D eigenvalue weighted by Crippen LogP contribution is -2.31. The summed E-state index contributed by atoms with van der Waals surface area (Å²) in [4.78, 5) is 17.0. The van der Waals surface area contributed by atoms with Gasteiger partial charge in [0.1, 0.15) is 5.75 Å². The average molecular weight is 342 g/mol. The molecule has 0 spiro atoms. The van der Waals surface area contributed by atoms with Crippen molar-refractivity contribution in [2.45, 2.75) is 6.92 Å². The summed E-state index contributed by atoms with van der Waals surface area (Å²) in [7, 11) is 1.67. The van der Waals surface area contributed by atoms with Crippen LogP contribution in [-0.2, 0) is 0 Å². The lowest BCUT2D eigenvalue weighted by molar-refractivity contribution is 0.0786. The molecule has 0 saturated carbocycles. The normalized spacial score (nSPS) is 22.7. The molecule has 2 fully saturated rings. The highest BCUT2D eigenvalue weighted by Gasteiger charge is 2.38. The molecule has 1 amide bonds. The number of thiophene rings is 1. The number of carbonyl (C=O) groups excluding carboxylic acids is 1. The van der Waals surface area contributed by atoms with Gasteiger partial charge in [0.2, 0.25) is 0 Å². The summed E-state index contributed by atoms with van der Waals surface area (Å²) in [5, 5.41) is 3.42. The third-order valence-corrected chi connectivity index (χ3v) is 6.24. The third kappa shape index (κ3) is 2.72. The van der Waals surface area contributed by atoms with Crippen molar-refractivity contribution >= 4 is 17.2 Å². The second-order valence-corrected chi connectivity index (χ2v) is 7.95. The molecule has 0 unspecified atom stereocenters. The van der Waals surface area contributed by atoms with Crippen LogP contribution >= 0.6 is 11.3 Å². The van der Waals surface area contributed by atoms with Crippen LogP contribution in [0.15, 0.2) is 30.3 Å². The maximum atomic E-state index is 12.9. The fourth-order valence-corrected chi connectivity index (χ4v) is 4.83. The topological polar surface area (TPSA) is 41.6 Å². The minimum atomic E-state index is 0.192. The SMILES string of the molecule is COc1ccc(-c2cc(C(=O)N3C[C@H]4CNC[C@H]4C3)sc2C)cc1. The third-order valence-electron chi connectivity index (χ3n) is 5.21. The Morgan fingerprint density at radius 2 is 1.88 bits per heavy atom. The molecule has 0 bridgehead atoms. The predicted octanol–water partition coefficient (Wildman–Crippen LogP) is 3.02. The van der Waals surface area contributed by atoms with Crippen LogP contribution in [0.2, 0.25) is 0 Å². The number of likely N-dealkylation sites (tertiary alicyclic amines) is 1. The van der Waals surface area contributed by atoms with E-state index in [1.807, 2.05) is 29.2 Å². The number of hydrogen-bond acceptors (Lipinski definition) is 4. The quantitative estimate of drug-likeness (QED) is 0.932. The number of rotatable bonds is 3. The highest BCUT2D eigenvalue weighted by atomic mass is 32.1. The number of methoxy groups -OCH3 is 1. The Bertz CT molecular complexity index is 741. The Morgan fingerprint density at radius 1 is 1.21 bits per heavy atom. The number of fused-ring (bicyclic) bond motifs is 1. The molecule has 5 heteroatoms. The van der Waals surface area contributed by atoms with E-state index in [4.69, 9.17) is 4.74 Å². The number of carbonyl (C=O) groups is 1. The molecule has 2 aromatic rings. The van der Waals surface area contributed by atoms with E-state index in [-0.39, 0.29) is 5.91 Å². The molecular formula is C19H22N2O2S. The van der Waals surface area contributed by atoms with Gasteiger partial charge in [0, 0.05) is 31.1 Å². The first-order valence-corrected chi connectivity index (χ1v) is 9.22. The monoisotopic (exact) mass is 342 g/mol. The Labute approximate surface area is 146 Å². The Hall–Kier alpha value is -1.85. The molecule has 1 N–H and O–H groups in total. The summed E-state index contributed by atoms with van der Waals surface area (Å²) < 4.78 is 5.22. The first kappa shape index (κ1) is 15.7. The van der Waals surface area contributed by atoms with Gasteiger partial charge in [0.05, 0.1) is 12.0 Å². The van der Waals surface area contributed by atoms with Gasteiger partial charge in [0.25, 0.3) is 5.91 Å². The van der Waals surface area contributed by atoms with E-state index in [0.29, 0.717) is 11.8 Å². The first-order valence-electron chi connectivity index (χ1n) is 8.40. The highest BCUT2D eigenvalue weighted by molar-refractivity contribution is 7.14. The number of nitrogens with one attached hydrogen (secondary N) is 1. The lowest BCUT2D eigenvalue weighted by Gasteiger charge is -2.16. The molecule has 126 valence electrons. The molecule has 2 aliphatic rings. The number of hydrogen-bond donors (Lipinski definition) is 1. The van der Waals surface area contributed by atoms with Crippen molar-refractivity contribution in [3.8, 4) is 16.9 Å². The van der Waals surface area contributed by atoms with Crippen molar-refractivity contribution in [1.82, 2.24) is 10.2 Å². The van der Waals surface area contributed by atoms with Crippen LogP contribution in [0.5, 0.6) is 5.75 Å². The fourth-order valence-electron chi connectivity index (χ4n) is 3.82. The van der Waals surface area contributed by atoms with E-state index < -0.39 is 0 Å². The number of aryl methyl sites for hydroxylation is 1. The van der Waals surface area contributed by atoms with Gasteiger partial charge in [-0.2, -0.15) is 0 Å². The smallest absolute Gasteiger partial charge is 0.263 e. The maximum Gasteiger partial charge on any atom is 0.263 e. The van der Waals surface area contributed by atoms with Crippen molar-refractivity contribution in [1.29, 1.82) is 0 Å². The van der Waals surface area contributed by atoms with Crippen molar-refractivity contribution in [3.05, 3.63) is 40.1 Å². The van der Waals surface area contributed by atoms with E-state index in [2.05, 4.69) is 18.3 Å². The summed E-state index contributed by atoms with van der Waals surface area (Å²) in [6.07, 6.45) is 0. The van der Waals surface area contributed by atoms with Crippen LogP contribution in [0.1, 0.15) is 14.5 Å². The predicted molar refractivity (Wildman–Crippen MR) is 96.8 cm³/mol. The van der Waals surface area contributed by atoms with Crippen LogP contribution in [0.25, 0.3) is 11.1 Å². The minimum Gasteiger partial charge on any atom is -0.497 e. The molecular weight excluding hydrogens is 320 g/mol. The number of amides is 1. The second kappa shape index (κ2) is 6.22. The van der Waals surface area contributed by atoms with Gasteiger partial charge < -0.3 is 15.0 Å². The van der Waals surface area contributed by atoms with Gasteiger partial charge in [-0.25, -0.2) is 0 Å². The fraction of sp³-hybridized carbons (Fsp3) is 0.421. The lowest BCUT2D eigenvalue weighted by atomic mass is 10.0. The van der Waals surface area contributed by atoms with Crippen molar-refractivity contribution in [2.24, 2.45) is 11.8 Å². The van der Waals surface area contributed by atoms with E-state index in [1.54, 1.807) is 18.4 Å². The van der Waals surface area contributed by atoms with E-state index in [1.165, 1.54) is 4.88 Å². The van der Waals surface area contributed by atoms with Gasteiger partial charge in [-0.3, -0.25) is 4.79 Å². The standard InChI is InChI=1S/C19H22N2O2S/c1-12-17(13-3-5-16(23-2)6-4-13)7-18(24-12)19(22)21-10-14-8-20-9-15(14)11-21/h3-7,14-15,20H,8-11H2,1-2H3/t14-,15+. The van der Waals surface area contributed by atoms with Crippen LogP contribution in [0.3, 0.4) is 0 Å². The zero-order chi connectivity index (χ0) is 16.7. The number of ether oxygens (including phenoxy) is 1. The zero-order valence-electron chi connectivity index (χ0n) is 14.0. The van der Waals surface area contributed by atoms with Gasteiger partial charge in [0.15, 0.2) is 0 Å². The molecule has 1 aromatic carbocycles. The van der Waals surface area contributed by atoms with Crippen molar-refractivity contribution < 1.29 is 9.53 Å². The summed E-state index contributed by atoms with van der Waals surface area (Å²) in [6, 6.07) is 10.1. The molecule has 2 aliphatic heterocycles. The molecule has 24 heavy (non-hydrogen) atoms. The van der Waals surface area contributed by atoms with E-state index in [9.17, 15) is 4.79 Å². The van der Waals surface area contributed by atoms with E-state index in [0.717, 1.165) is 47.9 Å². The largest absolute Gasteiger partial charge is 0.497 e. The Morgan fingerprint density at radius 3 is 2.50 bits per heavy atom. The summed E-state index contributed by atoms with van der Waals surface area (Å²) in [5.74, 6) is 2.31. The molecule has 0 radical (unpaired) electrons. The highest BCUT2D eigenvalue weighted by Crippen LogP contribution is 2.34. The number of nitrogens with zero attached hydrogens (tertiary/aromatic N) is 1. The van der Waals surface area contributed by atoms with Crippen LogP contribution in [0.4, 0.5) is 0 Å². The summed E-state index contributed by atoms with van der Waals surface area (Å²) in [5.41, 5.74) is 2.28. The first-order chi connectivity index (χ1) is 11.7. The molecule has 4 nitrogen and oxygen atoms in total. The summed E-state index contributed by atoms with van der Waals surface area (Å²) in [6.45, 7) is 5.98. The van der Waals surface area contributed by atoms with Crippen LogP contribution in [-0.4, -0.2) is 44.1 Å². The minimum absolute atomic E-state index is 0.192. The van der Waals surface area contributed by atoms with Crippen LogP contribution in [0, 0.1) is 18.8 Å². The van der Waals surface area contributed by atoms with Crippen molar-refractivity contribution in [3.63, 3.8) is 0 Å². The average Bonchev–Trinajstić information content (AvgIpc) is 3.28. The van der Waals surface area contributed by atoms with E-state index >= 15 is 0 Å². The molecule has 0 aliphatic carbocycles. The Kier molecular flexibility index (Phi) is 4.06. The van der Waals surface area contributed by atoms with Gasteiger partial charge in [-0.15, -0.1) is 11.3 Å². The molecule has 2 saturated heterocycles. The number of benzene rings is 1. The van der Waals surface area contributed by atoms with Crippen LogP contribution < -0.4 is 10.1 Å². The molecule has 2 atom stereocenters. The van der Waals surface area contributed by atoms with Gasteiger partial charge in [-0.1, -0.05) is 12.1 Å².